The molecule has 0 saturated heterocycles. The molecule has 0 aromatic heterocycles. The number of halogens is 1. The number of benzene rings is 1. The van der Waals surface area contributed by atoms with E-state index in [1.54, 1.807) is 18.2 Å². The summed E-state index contributed by atoms with van der Waals surface area (Å²) in [5, 5.41) is 3.33. The van der Waals surface area contributed by atoms with Crippen molar-refractivity contribution in [1.29, 1.82) is 0 Å². The number of nitrogen functional groups attached to an aromatic ring is 1. The maximum absolute atomic E-state index is 12.0. The molecule has 0 atom stereocenters. The summed E-state index contributed by atoms with van der Waals surface area (Å²) in [6.07, 6.45) is 10.0. The second-order valence-corrected chi connectivity index (χ2v) is 5.84. The van der Waals surface area contributed by atoms with Crippen LogP contribution in [0.5, 0.6) is 0 Å². The Morgan fingerprint density at radius 1 is 1.10 bits per heavy atom. The SMILES string of the molecule is CCCCCCCCCCNC(=O)c1cccc(Cl)c1N. The fraction of sp³-hybridized carbons (Fsp3) is 0.588. The van der Waals surface area contributed by atoms with E-state index in [0.29, 0.717) is 22.8 Å². The van der Waals surface area contributed by atoms with Gasteiger partial charge >= 0.3 is 0 Å². The van der Waals surface area contributed by atoms with Crippen LogP contribution in [0.4, 0.5) is 5.69 Å². The molecule has 1 aromatic carbocycles. The first-order valence-electron chi connectivity index (χ1n) is 7.99. The molecule has 0 bridgehead atoms. The lowest BCUT2D eigenvalue weighted by molar-refractivity contribution is 0.0954. The molecule has 0 fully saturated rings. The summed E-state index contributed by atoms with van der Waals surface area (Å²) in [5.41, 5.74) is 6.62. The number of carbonyl (C=O) groups is 1. The fourth-order valence-corrected chi connectivity index (χ4v) is 2.47. The Morgan fingerprint density at radius 2 is 1.71 bits per heavy atom. The van der Waals surface area contributed by atoms with E-state index in [1.165, 1.54) is 38.5 Å². The summed E-state index contributed by atoms with van der Waals surface area (Å²) in [4.78, 5) is 12.0. The third-order valence-corrected chi connectivity index (χ3v) is 3.94. The molecule has 1 aromatic rings. The molecule has 0 aliphatic heterocycles. The van der Waals surface area contributed by atoms with Crippen LogP contribution in [0, 0.1) is 0 Å². The van der Waals surface area contributed by atoms with Crippen LogP contribution in [0.15, 0.2) is 18.2 Å². The lowest BCUT2D eigenvalue weighted by Crippen LogP contribution is -2.25. The van der Waals surface area contributed by atoms with Crippen LogP contribution in [0.3, 0.4) is 0 Å². The number of unbranched alkanes of at least 4 members (excludes halogenated alkanes) is 7. The van der Waals surface area contributed by atoms with Crippen LogP contribution >= 0.6 is 11.6 Å². The Balaban J connectivity index is 2.13. The van der Waals surface area contributed by atoms with Crippen LogP contribution in [0.1, 0.15) is 68.6 Å². The van der Waals surface area contributed by atoms with Crippen molar-refractivity contribution in [1.82, 2.24) is 5.32 Å². The normalized spacial score (nSPS) is 10.6. The summed E-state index contributed by atoms with van der Waals surface area (Å²) in [6, 6.07) is 5.13. The molecular formula is C17H27ClN2O. The molecule has 0 spiro atoms. The molecular weight excluding hydrogens is 284 g/mol. The first kappa shape index (κ1) is 17.8. The quantitative estimate of drug-likeness (QED) is 0.482. The van der Waals surface area contributed by atoms with Gasteiger partial charge in [0.05, 0.1) is 16.3 Å². The van der Waals surface area contributed by atoms with Gasteiger partial charge in [-0.05, 0) is 18.6 Å². The van der Waals surface area contributed by atoms with Crippen LogP contribution in [-0.4, -0.2) is 12.5 Å². The van der Waals surface area contributed by atoms with Gasteiger partial charge in [0.25, 0.3) is 5.91 Å². The molecule has 21 heavy (non-hydrogen) atoms. The van der Waals surface area contributed by atoms with Crippen molar-refractivity contribution in [3.8, 4) is 0 Å². The van der Waals surface area contributed by atoms with Gasteiger partial charge in [0.1, 0.15) is 0 Å². The maximum atomic E-state index is 12.0. The minimum Gasteiger partial charge on any atom is -0.397 e. The number of nitrogens with two attached hydrogens (primary N) is 1. The average molecular weight is 311 g/mol. The Morgan fingerprint density at radius 3 is 2.38 bits per heavy atom. The molecule has 0 radical (unpaired) electrons. The summed E-state index contributed by atoms with van der Waals surface area (Å²) in [6.45, 7) is 2.93. The lowest BCUT2D eigenvalue weighted by Gasteiger charge is -2.08. The predicted octanol–water partition coefficient (Wildman–Crippen LogP) is 4.79. The summed E-state index contributed by atoms with van der Waals surface area (Å²) < 4.78 is 0. The van der Waals surface area contributed by atoms with E-state index in [4.69, 9.17) is 17.3 Å². The zero-order chi connectivity index (χ0) is 15.5. The van der Waals surface area contributed by atoms with E-state index < -0.39 is 0 Å². The molecule has 118 valence electrons. The molecule has 0 saturated carbocycles. The van der Waals surface area contributed by atoms with E-state index in [0.717, 1.165) is 12.8 Å². The molecule has 3 nitrogen and oxygen atoms in total. The van der Waals surface area contributed by atoms with E-state index in [-0.39, 0.29) is 5.91 Å². The van der Waals surface area contributed by atoms with E-state index in [9.17, 15) is 4.79 Å². The first-order chi connectivity index (χ1) is 10.2. The standard InChI is InChI=1S/C17H27ClN2O/c1-2-3-4-5-6-7-8-9-13-20-17(21)14-11-10-12-15(18)16(14)19/h10-12H,2-9,13,19H2,1H3,(H,20,21). The first-order valence-corrected chi connectivity index (χ1v) is 8.36. The number of nitrogens with one attached hydrogen (secondary N) is 1. The number of amides is 1. The maximum Gasteiger partial charge on any atom is 0.253 e. The zero-order valence-electron chi connectivity index (χ0n) is 13.0. The Hall–Kier alpha value is -1.22. The highest BCUT2D eigenvalue weighted by atomic mass is 35.5. The molecule has 0 unspecified atom stereocenters. The molecule has 1 rings (SSSR count). The van der Waals surface area contributed by atoms with Crippen LogP contribution in [0.2, 0.25) is 5.02 Å². The van der Waals surface area contributed by atoms with Gasteiger partial charge in [-0.25, -0.2) is 0 Å². The second-order valence-electron chi connectivity index (χ2n) is 5.43. The Kier molecular flexibility index (Phi) is 8.91. The molecule has 0 heterocycles. The highest BCUT2D eigenvalue weighted by Crippen LogP contribution is 2.22. The minimum atomic E-state index is -0.141. The van der Waals surface area contributed by atoms with Crippen LogP contribution < -0.4 is 11.1 Å². The second kappa shape index (κ2) is 10.5. The Bertz CT molecular complexity index is 435. The molecule has 1 amide bonds. The van der Waals surface area contributed by atoms with Gasteiger partial charge in [-0.1, -0.05) is 69.5 Å². The molecule has 0 aliphatic rings. The third kappa shape index (κ3) is 6.85. The van der Waals surface area contributed by atoms with E-state index in [2.05, 4.69) is 12.2 Å². The molecule has 4 heteroatoms. The number of hydrogen-bond donors (Lipinski definition) is 2. The number of carbonyl (C=O) groups excluding carboxylic acids is 1. The highest BCUT2D eigenvalue weighted by Gasteiger charge is 2.10. The van der Waals surface area contributed by atoms with Crippen molar-refractivity contribution in [3.63, 3.8) is 0 Å². The van der Waals surface area contributed by atoms with Crippen LogP contribution in [0.25, 0.3) is 0 Å². The van der Waals surface area contributed by atoms with Crippen molar-refractivity contribution < 1.29 is 4.79 Å². The Labute approximate surface area is 133 Å². The topological polar surface area (TPSA) is 55.1 Å². The number of rotatable bonds is 10. The van der Waals surface area contributed by atoms with Gasteiger partial charge in [-0.15, -0.1) is 0 Å². The van der Waals surface area contributed by atoms with Gasteiger partial charge in [-0.2, -0.15) is 0 Å². The summed E-state index contributed by atoms with van der Waals surface area (Å²) in [7, 11) is 0. The van der Waals surface area contributed by atoms with Crippen molar-refractivity contribution in [2.75, 3.05) is 12.3 Å². The van der Waals surface area contributed by atoms with Gasteiger partial charge in [-0.3, -0.25) is 4.79 Å². The van der Waals surface area contributed by atoms with Gasteiger partial charge in [0, 0.05) is 6.54 Å². The largest absolute Gasteiger partial charge is 0.397 e. The monoisotopic (exact) mass is 310 g/mol. The molecule has 0 aliphatic carbocycles. The smallest absolute Gasteiger partial charge is 0.253 e. The van der Waals surface area contributed by atoms with Gasteiger partial charge in [0.2, 0.25) is 0 Å². The van der Waals surface area contributed by atoms with E-state index in [1.807, 2.05) is 0 Å². The predicted molar refractivity (Wildman–Crippen MR) is 90.8 cm³/mol. The van der Waals surface area contributed by atoms with E-state index >= 15 is 0 Å². The van der Waals surface area contributed by atoms with Gasteiger partial charge in [0.15, 0.2) is 0 Å². The zero-order valence-corrected chi connectivity index (χ0v) is 13.7. The van der Waals surface area contributed by atoms with Crippen molar-refractivity contribution in [2.24, 2.45) is 0 Å². The fourth-order valence-electron chi connectivity index (χ4n) is 2.29. The average Bonchev–Trinajstić information content (AvgIpc) is 2.48. The lowest BCUT2D eigenvalue weighted by atomic mass is 10.1. The minimum absolute atomic E-state index is 0.141. The highest BCUT2D eigenvalue weighted by molar-refractivity contribution is 6.33. The third-order valence-electron chi connectivity index (χ3n) is 3.61. The van der Waals surface area contributed by atoms with Crippen LogP contribution in [-0.2, 0) is 0 Å². The van der Waals surface area contributed by atoms with Crippen molar-refractivity contribution in [2.45, 2.75) is 58.3 Å². The van der Waals surface area contributed by atoms with Crippen molar-refractivity contribution in [3.05, 3.63) is 28.8 Å². The number of anilines is 1. The van der Waals surface area contributed by atoms with Gasteiger partial charge < -0.3 is 11.1 Å². The summed E-state index contributed by atoms with van der Waals surface area (Å²) in [5.74, 6) is -0.141. The number of hydrogen-bond acceptors (Lipinski definition) is 2. The van der Waals surface area contributed by atoms with Crippen molar-refractivity contribution >= 4 is 23.2 Å². The summed E-state index contributed by atoms with van der Waals surface area (Å²) >= 11 is 5.91. The number of para-hydroxylation sites is 1. The molecule has 3 N–H and O–H groups in total.